The summed E-state index contributed by atoms with van der Waals surface area (Å²) in [6.07, 6.45) is 5.94. The zero-order chi connectivity index (χ0) is 22.9. The molecule has 4 N–H and O–H groups in total. The van der Waals surface area contributed by atoms with Gasteiger partial charge in [0.05, 0.1) is 6.07 Å². The van der Waals surface area contributed by atoms with Gasteiger partial charge in [-0.3, -0.25) is 14.4 Å². The Morgan fingerprint density at radius 2 is 1.94 bits per heavy atom. The van der Waals surface area contributed by atoms with E-state index in [1.165, 1.54) is 18.4 Å². The van der Waals surface area contributed by atoms with Crippen LogP contribution in [0.15, 0.2) is 24.3 Å². The number of nitriles is 1. The molecule has 3 amide bonds. The highest BCUT2D eigenvalue weighted by molar-refractivity contribution is 6.01. The molecule has 1 saturated heterocycles. The molecule has 2 heterocycles. The van der Waals surface area contributed by atoms with Crippen molar-refractivity contribution in [2.24, 2.45) is 11.8 Å². The predicted octanol–water partition coefficient (Wildman–Crippen LogP) is 2.48. The van der Waals surface area contributed by atoms with E-state index in [2.05, 4.69) is 33.1 Å². The molecule has 5 rings (SSSR count). The maximum absolute atomic E-state index is 13.1. The summed E-state index contributed by atoms with van der Waals surface area (Å²) in [6, 6.07) is 8.58. The smallest absolute Gasteiger partial charge is 0.268 e. The van der Waals surface area contributed by atoms with Crippen molar-refractivity contribution in [1.82, 2.24) is 20.9 Å². The number of H-pyrrole nitrogens is 1. The van der Waals surface area contributed by atoms with Crippen LogP contribution in [-0.4, -0.2) is 41.3 Å². The maximum Gasteiger partial charge on any atom is 0.268 e. The monoisotopic (exact) mass is 447 g/mol. The van der Waals surface area contributed by atoms with Gasteiger partial charge in [-0.1, -0.05) is 25.0 Å². The molecule has 3 atom stereocenters. The van der Waals surface area contributed by atoms with Crippen LogP contribution >= 0.6 is 0 Å². The predicted molar refractivity (Wildman–Crippen MR) is 122 cm³/mol. The van der Waals surface area contributed by atoms with Crippen molar-refractivity contribution >= 4 is 28.6 Å². The number of carbonyl (C=O) groups excluding carboxylic acids is 3. The van der Waals surface area contributed by atoms with Gasteiger partial charge in [0.2, 0.25) is 11.8 Å². The number of hydrogen-bond acceptors (Lipinski definition) is 4. The maximum atomic E-state index is 13.1. The number of aromatic amines is 1. The summed E-state index contributed by atoms with van der Waals surface area (Å²) in [7, 11) is 0. The van der Waals surface area contributed by atoms with E-state index in [0.29, 0.717) is 36.9 Å². The van der Waals surface area contributed by atoms with Crippen LogP contribution in [0.2, 0.25) is 0 Å². The van der Waals surface area contributed by atoms with E-state index >= 15 is 0 Å². The number of rotatable bonds is 9. The lowest BCUT2D eigenvalue weighted by atomic mass is 9.98. The molecule has 1 aromatic carbocycles. The Morgan fingerprint density at radius 1 is 1.12 bits per heavy atom. The second-order valence-electron chi connectivity index (χ2n) is 9.67. The first kappa shape index (κ1) is 21.5. The Hall–Kier alpha value is -3.34. The van der Waals surface area contributed by atoms with Crippen molar-refractivity contribution in [2.75, 3.05) is 6.54 Å². The van der Waals surface area contributed by atoms with Crippen LogP contribution in [-0.2, 0) is 9.59 Å². The van der Waals surface area contributed by atoms with Gasteiger partial charge in [-0.15, -0.1) is 0 Å². The van der Waals surface area contributed by atoms with E-state index < -0.39 is 12.1 Å². The van der Waals surface area contributed by atoms with Crippen molar-refractivity contribution in [3.8, 4) is 6.07 Å². The van der Waals surface area contributed by atoms with Gasteiger partial charge in [0.25, 0.3) is 5.91 Å². The van der Waals surface area contributed by atoms with E-state index in [-0.39, 0.29) is 30.1 Å². The highest BCUT2D eigenvalue weighted by Crippen LogP contribution is 2.43. The quantitative estimate of drug-likeness (QED) is 0.471. The van der Waals surface area contributed by atoms with Crippen LogP contribution in [0, 0.1) is 23.2 Å². The van der Waals surface area contributed by atoms with Crippen molar-refractivity contribution < 1.29 is 14.4 Å². The lowest BCUT2D eigenvalue weighted by Gasteiger charge is -2.21. The molecule has 8 nitrogen and oxygen atoms in total. The molecule has 0 radical (unpaired) electrons. The van der Waals surface area contributed by atoms with Crippen molar-refractivity contribution in [3.63, 3.8) is 0 Å². The zero-order valence-electron chi connectivity index (χ0n) is 18.5. The SMILES string of the molecule is N#C[C@H](C[C@@H]1CCNC1=O)NC(=O)[C@H](CC1CC1)NC(=O)c1cc2c(C3CC3)cccc2[nH]1. The van der Waals surface area contributed by atoms with Gasteiger partial charge in [0, 0.05) is 23.4 Å². The summed E-state index contributed by atoms with van der Waals surface area (Å²) < 4.78 is 0. The van der Waals surface area contributed by atoms with Crippen molar-refractivity contribution in [3.05, 3.63) is 35.5 Å². The van der Waals surface area contributed by atoms with Gasteiger partial charge in [0.15, 0.2) is 0 Å². The minimum atomic E-state index is -0.765. The fraction of sp³-hybridized carbons (Fsp3) is 0.520. The lowest BCUT2D eigenvalue weighted by molar-refractivity contribution is -0.125. The lowest BCUT2D eigenvalue weighted by Crippen LogP contribution is -2.50. The fourth-order valence-electron chi connectivity index (χ4n) is 4.78. The normalized spacial score (nSPS) is 21.8. The first-order chi connectivity index (χ1) is 16.0. The zero-order valence-corrected chi connectivity index (χ0v) is 18.5. The number of fused-ring (bicyclic) bond motifs is 1. The van der Waals surface area contributed by atoms with E-state index in [9.17, 15) is 19.6 Å². The fourth-order valence-corrected chi connectivity index (χ4v) is 4.78. The summed E-state index contributed by atoms with van der Waals surface area (Å²) in [6.45, 7) is 0.600. The number of hydrogen-bond donors (Lipinski definition) is 4. The minimum Gasteiger partial charge on any atom is -0.356 e. The third-order valence-electron chi connectivity index (χ3n) is 7.00. The largest absolute Gasteiger partial charge is 0.356 e. The number of nitrogens with zero attached hydrogens (tertiary/aromatic N) is 1. The average molecular weight is 448 g/mol. The van der Waals surface area contributed by atoms with E-state index in [4.69, 9.17) is 0 Å². The van der Waals surface area contributed by atoms with Gasteiger partial charge in [-0.25, -0.2) is 0 Å². The Morgan fingerprint density at radius 3 is 2.61 bits per heavy atom. The van der Waals surface area contributed by atoms with E-state index in [1.807, 2.05) is 18.2 Å². The molecule has 8 heteroatoms. The number of aromatic nitrogens is 1. The highest BCUT2D eigenvalue weighted by atomic mass is 16.2. The molecule has 0 bridgehead atoms. The van der Waals surface area contributed by atoms with Crippen LogP contribution in [0.5, 0.6) is 0 Å². The van der Waals surface area contributed by atoms with Crippen molar-refractivity contribution in [1.29, 1.82) is 5.26 Å². The van der Waals surface area contributed by atoms with Gasteiger partial charge >= 0.3 is 0 Å². The Balaban J connectivity index is 1.27. The summed E-state index contributed by atoms with van der Waals surface area (Å²) in [5, 5.41) is 19.0. The molecular formula is C25H29N5O3. The molecule has 2 saturated carbocycles. The second kappa shape index (κ2) is 8.89. The molecule has 1 aliphatic heterocycles. The van der Waals surface area contributed by atoms with Crippen LogP contribution in [0.25, 0.3) is 10.9 Å². The third-order valence-corrected chi connectivity index (χ3v) is 7.00. The van der Waals surface area contributed by atoms with E-state index in [0.717, 1.165) is 23.7 Å². The summed E-state index contributed by atoms with van der Waals surface area (Å²) >= 11 is 0. The molecule has 2 aliphatic carbocycles. The van der Waals surface area contributed by atoms with Crippen LogP contribution in [0.3, 0.4) is 0 Å². The molecule has 33 heavy (non-hydrogen) atoms. The first-order valence-electron chi connectivity index (χ1n) is 11.9. The number of carbonyl (C=O) groups is 3. The molecular weight excluding hydrogens is 418 g/mol. The Kier molecular flexibility index (Phi) is 5.79. The number of nitrogens with one attached hydrogen (secondary N) is 4. The second-order valence-corrected chi connectivity index (χ2v) is 9.67. The summed E-state index contributed by atoms with van der Waals surface area (Å²) in [5.41, 5.74) is 2.63. The van der Waals surface area contributed by atoms with Gasteiger partial charge in [0.1, 0.15) is 17.8 Å². The summed E-state index contributed by atoms with van der Waals surface area (Å²) in [5.74, 6) is -0.0485. The average Bonchev–Trinajstić information content (AvgIpc) is 3.73. The van der Waals surface area contributed by atoms with E-state index in [1.54, 1.807) is 0 Å². The molecule has 3 aliphatic rings. The molecule has 3 fully saturated rings. The molecule has 172 valence electrons. The molecule has 0 spiro atoms. The summed E-state index contributed by atoms with van der Waals surface area (Å²) in [4.78, 5) is 41.1. The van der Waals surface area contributed by atoms with Gasteiger partial charge < -0.3 is 20.9 Å². The van der Waals surface area contributed by atoms with Crippen LogP contribution in [0.1, 0.15) is 66.9 Å². The Labute approximate surface area is 192 Å². The van der Waals surface area contributed by atoms with Gasteiger partial charge in [-0.05, 0) is 61.6 Å². The van der Waals surface area contributed by atoms with Crippen molar-refractivity contribution in [2.45, 2.75) is 62.9 Å². The standard InChI is InChI=1S/C25H29N5O3/c26-13-17(11-16-8-9-27-23(16)31)28-24(32)21(10-14-4-5-14)30-25(33)22-12-19-18(15-6-7-15)2-1-3-20(19)29-22/h1-3,12,14-17,21,29H,4-11H2,(H,27,31)(H,28,32)(H,30,33)/t16-,17-,21-/m0/s1. The van der Waals surface area contributed by atoms with Crippen LogP contribution < -0.4 is 16.0 Å². The molecule has 1 aromatic heterocycles. The number of amides is 3. The number of benzene rings is 1. The van der Waals surface area contributed by atoms with Crippen LogP contribution in [0.4, 0.5) is 0 Å². The van der Waals surface area contributed by atoms with Gasteiger partial charge in [-0.2, -0.15) is 5.26 Å². The Bertz CT molecular complexity index is 1120. The molecule has 2 aromatic rings. The first-order valence-corrected chi connectivity index (χ1v) is 11.9. The topological polar surface area (TPSA) is 127 Å². The third kappa shape index (κ3) is 4.87. The highest BCUT2D eigenvalue weighted by Gasteiger charge is 2.34. The molecule has 0 unspecified atom stereocenters. The minimum absolute atomic E-state index is 0.0725.